The summed E-state index contributed by atoms with van der Waals surface area (Å²) in [6, 6.07) is 9.85. The number of carboxylic acid groups (broad SMARTS) is 1. The summed E-state index contributed by atoms with van der Waals surface area (Å²) in [5, 5.41) is 34.6. The number of halogens is 1. The van der Waals surface area contributed by atoms with E-state index in [1.54, 1.807) is 12.1 Å². The number of rotatable bonds is 16. The molecule has 0 spiro atoms. The fourth-order valence-corrected chi connectivity index (χ4v) is 5.61. The fraction of sp³-hybridized carbons (Fsp3) is 0.389. The Balaban J connectivity index is 1.56. The van der Waals surface area contributed by atoms with Crippen molar-refractivity contribution in [2.45, 2.75) is 62.7 Å². The molecular formula is C36H45FN12O8. The van der Waals surface area contributed by atoms with E-state index in [9.17, 15) is 38.3 Å². The van der Waals surface area contributed by atoms with Crippen molar-refractivity contribution in [1.82, 2.24) is 41.6 Å². The van der Waals surface area contributed by atoms with Gasteiger partial charge in [-0.1, -0.05) is 52.8 Å². The normalized spacial score (nSPS) is 19.1. The van der Waals surface area contributed by atoms with Gasteiger partial charge in [0.25, 0.3) is 5.91 Å². The number of aliphatic imine (C=N–C) groups is 1. The van der Waals surface area contributed by atoms with Gasteiger partial charge in [-0.25, -0.2) is 9.07 Å². The third-order valence-electron chi connectivity index (χ3n) is 8.46. The molecule has 2 bridgehead atoms. The summed E-state index contributed by atoms with van der Waals surface area (Å²) < 4.78 is 14.4. The molecule has 5 amide bonds. The molecule has 1 aromatic heterocycles. The minimum atomic E-state index is -1.52. The van der Waals surface area contributed by atoms with Crippen LogP contribution in [0, 0.1) is 5.82 Å². The van der Waals surface area contributed by atoms with Crippen molar-refractivity contribution in [2.24, 2.45) is 21.6 Å². The Bertz CT molecular complexity index is 1900. The monoisotopic (exact) mass is 792 g/mol. The van der Waals surface area contributed by atoms with E-state index in [1.165, 1.54) is 41.4 Å². The van der Waals surface area contributed by atoms with E-state index in [2.05, 4.69) is 47.0 Å². The van der Waals surface area contributed by atoms with Crippen LogP contribution in [-0.2, 0) is 40.0 Å². The zero-order chi connectivity index (χ0) is 41.2. The zero-order valence-corrected chi connectivity index (χ0v) is 30.8. The number of fused-ring (bicyclic) bond motifs is 2. The van der Waals surface area contributed by atoms with Gasteiger partial charge < -0.3 is 48.0 Å². The minimum absolute atomic E-state index is 0.0498. The van der Waals surface area contributed by atoms with Gasteiger partial charge >= 0.3 is 5.97 Å². The lowest BCUT2D eigenvalue weighted by Gasteiger charge is -2.24. The molecular weight excluding hydrogens is 747 g/mol. The summed E-state index contributed by atoms with van der Waals surface area (Å²) in [6.07, 6.45) is 2.83. The number of amides is 5. The number of benzene rings is 2. The predicted molar refractivity (Wildman–Crippen MR) is 201 cm³/mol. The van der Waals surface area contributed by atoms with E-state index < -0.39 is 85.1 Å². The number of hydrogen-bond donors (Lipinski definition) is 8. The molecule has 1 aliphatic heterocycles. The number of nitrogens with zero attached hydrogens (tertiary/aromatic N) is 5. The first-order valence-electron chi connectivity index (χ1n) is 18.0. The van der Waals surface area contributed by atoms with Gasteiger partial charge in [-0.3, -0.25) is 33.8 Å². The van der Waals surface area contributed by atoms with Crippen molar-refractivity contribution in [1.29, 1.82) is 0 Å². The molecule has 3 aromatic rings. The third-order valence-corrected chi connectivity index (χ3v) is 8.46. The van der Waals surface area contributed by atoms with Gasteiger partial charge in [0.15, 0.2) is 12.6 Å². The molecule has 2 heterocycles. The van der Waals surface area contributed by atoms with Gasteiger partial charge in [-0.05, 0) is 55.4 Å². The van der Waals surface area contributed by atoms with Crippen molar-refractivity contribution in [3.63, 3.8) is 0 Å². The van der Waals surface area contributed by atoms with E-state index >= 15 is 0 Å². The van der Waals surface area contributed by atoms with Crippen LogP contribution in [0.1, 0.15) is 61.0 Å². The molecule has 304 valence electrons. The Kier molecular flexibility index (Phi) is 16.4. The number of nitrogens with two attached hydrogens (primary N) is 2. The van der Waals surface area contributed by atoms with Crippen molar-refractivity contribution >= 4 is 47.7 Å². The molecule has 1 aliphatic rings. The molecule has 0 fully saturated rings. The lowest BCUT2D eigenvalue weighted by molar-refractivity contribution is -0.141. The highest BCUT2D eigenvalue weighted by Gasteiger charge is 2.32. The van der Waals surface area contributed by atoms with E-state index in [-0.39, 0.29) is 56.8 Å². The predicted octanol–water partition coefficient (Wildman–Crippen LogP) is -1.07. The Labute approximate surface area is 326 Å². The first kappa shape index (κ1) is 42.8. The van der Waals surface area contributed by atoms with Crippen LogP contribution in [0.5, 0.6) is 0 Å². The van der Waals surface area contributed by atoms with Crippen LogP contribution in [0.4, 0.5) is 4.39 Å². The van der Waals surface area contributed by atoms with Crippen LogP contribution in [0.25, 0.3) is 0 Å². The van der Waals surface area contributed by atoms with Gasteiger partial charge in [-0.2, -0.15) is 0 Å². The Hall–Kier alpha value is -6.93. The second-order valence-electron chi connectivity index (χ2n) is 12.9. The SMILES string of the molecule is NC(N)=NCCC[C@@H]1NC(=O)[C@H](CCCNC(=O)CO/N=C/c2ccc(F)cc2)n2cc(nn2)[C@H](Cc2ccccc2)NC(=O)[C@H](CC(=O)O)NC(=O)CNC1=O. The molecule has 0 unspecified atom stereocenters. The van der Waals surface area contributed by atoms with E-state index in [1.807, 2.05) is 18.2 Å². The fourth-order valence-electron chi connectivity index (χ4n) is 5.61. The minimum Gasteiger partial charge on any atom is -0.481 e. The summed E-state index contributed by atoms with van der Waals surface area (Å²) in [6.45, 7) is -0.814. The summed E-state index contributed by atoms with van der Waals surface area (Å²) >= 11 is 0. The first-order chi connectivity index (χ1) is 27.4. The van der Waals surface area contributed by atoms with Gasteiger partial charge in [0.1, 0.15) is 29.6 Å². The van der Waals surface area contributed by atoms with E-state index in [0.29, 0.717) is 5.56 Å². The zero-order valence-electron chi connectivity index (χ0n) is 30.8. The largest absolute Gasteiger partial charge is 0.481 e. The number of aromatic nitrogens is 3. The van der Waals surface area contributed by atoms with Crippen molar-refractivity contribution in [2.75, 3.05) is 26.2 Å². The highest BCUT2D eigenvalue weighted by atomic mass is 19.1. The average molecular weight is 793 g/mol. The molecule has 0 saturated heterocycles. The number of nitrogens with one attached hydrogen (secondary N) is 5. The molecule has 4 atom stereocenters. The number of carboxylic acids is 1. The molecule has 20 nitrogen and oxygen atoms in total. The lowest BCUT2D eigenvalue weighted by atomic mass is 10.0. The van der Waals surface area contributed by atoms with Gasteiger partial charge in [-0.15, -0.1) is 5.10 Å². The van der Waals surface area contributed by atoms with Crippen molar-refractivity contribution in [3.05, 3.63) is 83.4 Å². The average Bonchev–Trinajstić information content (AvgIpc) is 3.66. The lowest BCUT2D eigenvalue weighted by Crippen LogP contribution is -2.53. The number of oxime groups is 1. The maximum Gasteiger partial charge on any atom is 0.305 e. The molecule has 10 N–H and O–H groups in total. The van der Waals surface area contributed by atoms with Gasteiger partial charge in [0.2, 0.25) is 23.6 Å². The van der Waals surface area contributed by atoms with Crippen LogP contribution in [0.15, 0.2) is 70.9 Å². The van der Waals surface area contributed by atoms with Crippen LogP contribution in [0.2, 0.25) is 0 Å². The molecule has 0 aliphatic carbocycles. The van der Waals surface area contributed by atoms with Crippen LogP contribution >= 0.6 is 0 Å². The number of guanidine groups is 1. The summed E-state index contributed by atoms with van der Waals surface area (Å²) in [5.41, 5.74) is 12.4. The van der Waals surface area contributed by atoms with Gasteiger partial charge in [0, 0.05) is 13.1 Å². The second-order valence-corrected chi connectivity index (χ2v) is 12.9. The first-order valence-corrected chi connectivity index (χ1v) is 18.0. The van der Waals surface area contributed by atoms with Crippen molar-refractivity contribution in [3.8, 4) is 0 Å². The molecule has 4 rings (SSSR count). The third kappa shape index (κ3) is 14.7. The maximum atomic E-state index is 14.0. The molecule has 0 saturated carbocycles. The van der Waals surface area contributed by atoms with E-state index in [0.717, 1.165) is 5.56 Å². The number of carbonyl (C=O) groups excluding carboxylic acids is 5. The van der Waals surface area contributed by atoms with Gasteiger partial charge in [0.05, 0.1) is 31.4 Å². The topological polar surface area (TPSA) is 299 Å². The smallest absolute Gasteiger partial charge is 0.305 e. The number of aliphatic carboxylic acids is 1. The molecule has 2 aromatic carbocycles. The van der Waals surface area contributed by atoms with Crippen LogP contribution in [0.3, 0.4) is 0 Å². The summed E-state index contributed by atoms with van der Waals surface area (Å²) in [7, 11) is 0. The van der Waals surface area contributed by atoms with E-state index in [4.69, 9.17) is 16.3 Å². The molecule has 0 radical (unpaired) electrons. The number of hydrogen-bond acceptors (Lipinski definition) is 11. The van der Waals surface area contributed by atoms with Crippen LogP contribution in [-0.4, -0.2) is 106 Å². The molecule has 21 heteroatoms. The quantitative estimate of drug-likeness (QED) is 0.0373. The second kappa shape index (κ2) is 21.8. The summed E-state index contributed by atoms with van der Waals surface area (Å²) in [4.78, 5) is 86.8. The summed E-state index contributed by atoms with van der Waals surface area (Å²) in [5.74, 6) is -5.49. The standard InChI is InChI=1S/C36H45FN12O8/c37-24-12-10-23(11-13-24)18-43-57-21-31(51)40-14-5-9-29-35(56)45-25(8-4-15-41-36(38)39)33(54)42-19-30(50)44-27(17-32(52)53)34(55)46-26(28-20-49(29)48-47-28)16-22-6-2-1-3-7-22/h1-3,6-7,10-13,18,20,25-27,29H,4-5,8-9,14-17,19,21H2,(H,40,51)(H,42,54)(H,44,50)(H,45,56)(H,46,55)(H,52,53)(H4,38,39,41)/b43-18+/t25-,26-,27-,29-/m0/s1. The highest BCUT2D eigenvalue weighted by molar-refractivity contribution is 5.94. The Morgan fingerprint density at radius 3 is 2.40 bits per heavy atom. The van der Waals surface area contributed by atoms with Crippen LogP contribution < -0.4 is 38.1 Å². The Morgan fingerprint density at radius 1 is 0.947 bits per heavy atom. The molecule has 57 heavy (non-hydrogen) atoms. The number of carbonyl (C=O) groups is 6. The van der Waals surface area contributed by atoms with Crippen molar-refractivity contribution < 1.29 is 43.1 Å². The maximum absolute atomic E-state index is 14.0. The highest BCUT2D eigenvalue weighted by Crippen LogP contribution is 2.21. The Morgan fingerprint density at radius 2 is 1.68 bits per heavy atom.